The molecule has 3 rings (SSSR count). The molecule has 1 fully saturated rings. The zero-order valence-electron chi connectivity index (χ0n) is 16.9. The average molecular weight is 388 g/mol. The molecule has 152 valence electrons. The highest BCUT2D eigenvalue weighted by Gasteiger charge is 2.21. The van der Waals surface area contributed by atoms with Gasteiger partial charge in [0.2, 0.25) is 0 Å². The molecule has 0 saturated carbocycles. The molecule has 1 aliphatic rings. The van der Waals surface area contributed by atoms with E-state index in [1.165, 1.54) is 14.2 Å². The summed E-state index contributed by atoms with van der Waals surface area (Å²) in [6.07, 6.45) is 3.64. The molecule has 1 aliphatic heterocycles. The Labute approximate surface area is 164 Å². The number of fused-ring (bicyclic) bond motifs is 1. The van der Waals surface area contributed by atoms with Gasteiger partial charge in [0.15, 0.2) is 11.5 Å². The smallest absolute Gasteiger partial charge is 0.258 e. The lowest BCUT2D eigenvalue weighted by Gasteiger charge is -2.17. The third-order valence-corrected chi connectivity index (χ3v) is 4.91. The monoisotopic (exact) mass is 388 g/mol. The van der Waals surface area contributed by atoms with Crippen molar-refractivity contribution in [1.29, 1.82) is 0 Å². The van der Waals surface area contributed by atoms with Gasteiger partial charge in [0.05, 0.1) is 31.3 Å². The van der Waals surface area contributed by atoms with Crippen LogP contribution in [0.5, 0.6) is 11.5 Å². The van der Waals surface area contributed by atoms with Gasteiger partial charge in [-0.25, -0.2) is 0 Å². The number of amides is 1. The van der Waals surface area contributed by atoms with E-state index in [0.717, 1.165) is 19.4 Å². The molecule has 2 aromatic rings. The van der Waals surface area contributed by atoms with Crippen molar-refractivity contribution in [2.24, 2.45) is 5.92 Å². The van der Waals surface area contributed by atoms with Gasteiger partial charge < -0.3 is 24.1 Å². The van der Waals surface area contributed by atoms with E-state index in [4.69, 9.17) is 14.2 Å². The number of methoxy groups -OCH3 is 2. The zero-order chi connectivity index (χ0) is 20.3. The Balaban J connectivity index is 2.08. The number of carbonyl (C=O) groups is 1. The Kier molecular flexibility index (Phi) is 6.24. The van der Waals surface area contributed by atoms with Gasteiger partial charge in [0.25, 0.3) is 11.5 Å². The molecule has 1 N–H and O–H groups in total. The van der Waals surface area contributed by atoms with E-state index in [2.05, 4.69) is 5.32 Å². The van der Waals surface area contributed by atoms with Gasteiger partial charge in [-0.15, -0.1) is 0 Å². The fraction of sp³-hybridized carbons (Fsp3) is 0.524. The SMILES string of the molecule is COc1cc2c(C(=O)NCC3CCCO3)cn(CC(C)C)c(=O)c2cc1OC. The fourth-order valence-electron chi connectivity index (χ4n) is 3.53. The van der Waals surface area contributed by atoms with Gasteiger partial charge in [-0.3, -0.25) is 9.59 Å². The Bertz CT molecular complexity index is 913. The Hall–Kier alpha value is -2.54. The average Bonchev–Trinajstić information content (AvgIpc) is 3.20. The predicted molar refractivity (Wildman–Crippen MR) is 107 cm³/mol. The highest BCUT2D eigenvalue weighted by atomic mass is 16.5. The summed E-state index contributed by atoms with van der Waals surface area (Å²) in [6, 6.07) is 3.33. The Morgan fingerprint density at radius 2 is 1.93 bits per heavy atom. The van der Waals surface area contributed by atoms with Crippen LogP contribution in [-0.2, 0) is 11.3 Å². The number of carbonyl (C=O) groups excluding carboxylic acids is 1. The molecule has 0 spiro atoms. The molecule has 0 bridgehead atoms. The molecule has 0 aliphatic carbocycles. The second-order valence-electron chi connectivity index (χ2n) is 7.49. The van der Waals surface area contributed by atoms with E-state index < -0.39 is 0 Å². The molecule has 7 nitrogen and oxygen atoms in total. The lowest BCUT2D eigenvalue weighted by atomic mass is 10.0. The highest BCUT2D eigenvalue weighted by Crippen LogP contribution is 2.32. The minimum Gasteiger partial charge on any atom is -0.493 e. The first-order valence-electron chi connectivity index (χ1n) is 9.63. The summed E-state index contributed by atoms with van der Waals surface area (Å²) in [5.41, 5.74) is 0.287. The van der Waals surface area contributed by atoms with E-state index in [1.54, 1.807) is 22.9 Å². The maximum absolute atomic E-state index is 13.0. The molecule has 1 atom stereocenters. The van der Waals surface area contributed by atoms with Gasteiger partial charge in [0.1, 0.15) is 0 Å². The maximum Gasteiger partial charge on any atom is 0.258 e. The van der Waals surface area contributed by atoms with Crippen molar-refractivity contribution in [3.05, 3.63) is 34.2 Å². The molecule has 1 aromatic heterocycles. The topological polar surface area (TPSA) is 78.8 Å². The summed E-state index contributed by atoms with van der Waals surface area (Å²) in [5, 5.41) is 3.93. The van der Waals surface area contributed by atoms with E-state index in [9.17, 15) is 9.59 Å². The number of aromatic nitrogens is 1. The van der Waals surface area contributed by atoms with Crippen LogP contribution in [0.4, 0.5) is 0 Å². The number of nitrogens with zero attached hydrogens (tertiary/aromatic N) is 1. The summed E-state index contributed by atoms with van der Waals surface area (Å²) >= 11 is 0. The molecule has 0 radical (unpaired) electrons. The summed E-state index contributed by atoms with van der Waals surface area (Å²) < 4.78 is 17.9. The predicted octanol–water partition coefficient (Wildman–Crippen LogP) is 2.58. The highest BCUT2D eigenvalue weighted by molar-refractivity contribution is 6.07. The fourth-order valence-corrected chi connectivity index (χ4v) is 3.53. The first-order chi connectivity index (χ1) is 13.4. The third-order valence-electron chi connectivity index (χ3n) is 4.91. The molecule has 1 unspecified atom stereocenters. The lowest BCUT2D eigenvalue weighted by Crippen LogP contribution is -2.33. The van der Waals surface area contributed by atoms with Crippen molar-refractivity contribution < 1.29 is 19.0 Å². The van der Waals surface area contributed by atoms with Crippen molar-refractivity contribution in [1.82, 2.24) is 9.88 Å². The maximum atomic E-state index is 13.0. The number of pyridine rings is 1. The van der Waals surface area contributed by atoms with Crippen molar-refractivity contribution >= 4 is 16.7 Å². The zero-order valence-corrected chi connectivity index (χ0v) is 16.9. The number of hydrogen-bond donors (Lipinski definition) is 1. The van der Waals surface area contributed by atoms with E-state index in [-0.39, 0.29) is 23.5 Å². The van der Waals surface area contributed by atoms with Gasteiger partial charge in [0, 0.05) is 31.3 Å². The summed E-state index contributed by atoms with van der Waals surface area (Å²) in [6.45, 7) is 5.77. The molecule has 1 saturated heterocycles. The lowest BCUT2D eigenvalue weighted by molar-refractivity contribution is 0.0858. The van der Waals surface area contributed by atoms with E-state index in [1.807, 2.05) is 13.8 Å². The van der Waals surface area contributed by atoms with Crippen molar-refractivity contribution in [2.45, 2.75) is 39.3 Å². The Morgan fingerprint density at radius 3 is 2.50 bits per heavy atom. The number of hydrogen-bond acceptors (Lipinski definition) is 5. The van der Waals surface area contributed by atoms with Crippen LogP contribution in [0, 0.1) is 5.92 Å². The standard InChI is InChI=1S/C21H28N2O5/c1-13(2)11-23-12-17(20(24)22-10-14-6-5-7-28-14)15-8-18(26-3)19(27-4)9-16(15)21(23)25/h8-9,12-14H,5-7,10-11H2,1-4H3,(H,22,24). The third kappa shape index (κ3) is 4.14. The largest absolute Gasteiger partial charge is 0.493 e. The van der Waals surface area contributed by atoms with Gasteiger partial charge in [-0.2, -0.15) is 0 Å². The minimum atomic E-state index is -0.231. The first-order valence-corrected chi connectivity index (χ1v) is 9.63. The molecule has 1 amide bonds. The number of nitrogens with one attached hydrogen (secondary N) is 1. The van der Waals surface area contributed by atoms with Gasteiger partial charge >= 0.3 is 0 Å². The summed E-state index contributed by atoms with van der Waals surface area (Å²) in [4.78, 5) is 26.0. The molecular formula is C21H28N2O5. The molecular weight excluding hydrogens is 360 g/mol. The van der Waals surface area contributed by atoms with Crippen molar-refractivity contribution in [3.63, 3.8) is 0 Å². The van der Waals surface area contributed by atoms with Crippen LogP contribution < -0.4 is 20.3 Å². The normalized spacial score (nSPS) is 16.5. The second-order valence-corrected chi connectivity index (χ2v) is 7.49. The van der Waals surface area contributed by atoms with Crippen LogP contribution in [-0.4, -0.2) is 43.9 Å². The van der Waals surface area contributed by atoms with E-state index >= 15 is 0 Å². The van der Waals surface area contributed by atoms with Crippen LogP contribution in [0.15, 0.2) is 23.1 Å². The van der Waals surface area contributed by atoms with Crippen molar-refractivity contribution in [3.8, 4) is 11.5 Å². The van der Waals surface area contributed by atoms with E-state index in [0.29, 0.717) is 40.9 Å². The summed E-state index contributed by atoms with van der Waals surface area (Å²) in [7, 11) is 3.05. The van der Waals surface area contributed by atoms with Crippen LogP contribution in [0.25, 0.3) is 10.8 Å². The van der Waals surface area contributed by atoms with Crippen LogP contribution >= 0.6 is 0 Å². The molecule has 28 heavy (non-hydrogen) atoms. The second kappa shape index (κ2) is 8.65. The molecule has 1 aromatic carbocycles. The molecule has 7 heteroatoms. The van der Waals surface area contributed by atoms with Crippen LogP contribution in [0.1, 0.15) is 37.0 Å². The van der Waals surface area contributed by atoms with Crippen LogP contribution in [0.2, 0.25) is 0 Å². The first kappa shape index (κ1) is 20.2. The van der Waals surface area contributed by atoms with Gasteiger partial charge in [-0.05, 0) is 30.9 Å². The number of ether oxygens (including phenoxy) is 3. The Morgan fingerprint density at radius 1 is 1.25 bits per heavy atom. The quantitative estimate of drug-likeness (QED) is 0.789. The minimum absolute atomic E-state index is 0.0476. The molecule has 2 heterocycles. The number of benzene rings is 1. The number of rotatable bonds is 7. The summed E-state index contributed by atoms with van der Waals surface area (Å²) in [5.74, 6) is 0.965. The van der Waals surface area contributed by atoms with Gasteiger partial charge in [-0.1, -0.05) is 13.8 Å². The van der Waals surface area contributed by atoms with Crippen molar-refractivity contribution in [2.75, 3.05) is 27.4 Å². The van der Waals surface area contributed by atoms with Crippen LogP contribution in [0.3, 0.4) is 0 Å².